The highest BCUT2D eigenvalue weighted by Crippen LogP contribution is 2.35. The van der Waals surface area contributed by atoms with E-state index < -0.39 is 17.3 Å². The second-order valence-electron chi connectivity index (χ2n) is 2.88. The van der Waals surface area contributed by atoms with Crippen LogP contribution >= 0.6 is 23.2 Å². The highest BCUT2D eigenvalue weighted by atomic mass is 35.5. The molecule has 0 fully saturated rings. The molecule has 0 aliphatic heterocycles. The van der Waals surface area contributed by atoms with Crippen LogP contribution in [0.5, 0.6) is 0 Å². The predicted molar refractivity (Wildman–Crippen MR) is 62.8 cm³/mol. The van der Waals surface area contributed by atoms with Crippen molar-refractivity contribution in [3.05, 3.63) is 27.2 Å². The van der Waals surface area contributed by atoms with Gasteiger partial charge in [0.05, 0.1) is 4.90 Å². The summed E-state index contributed by atoms with van der Waals surface area (Å²) in [5, 5.41) is 13.1. The minimum absolute atomic E-state index is 0.0935. The van der Waals surface area contributed by atoms with E-state index in [4.69, 9.17) is 33.7 Å². The van der Waals surface area contributed by atoms with Crippen molar-refractivity contribution in [2.75, 3.05) is 0 Å². The fourth-order valence-corrected chi connectivity index (χ4v) is 2.06. The third-order valence-electron chi connectivity index (χ3n) is 1.42. The molecule has 2 N–H and O–H groups in total. The molecule has 1 rings (SSSR count). The molecule has 5 nitrogen and oxygen atoms in total. The molecule has 0 amide bonds. The Balaban J connectivity index is 0.000000555. The third-order valence-corrected chi connectivity index (χ3v) is 2.89. The second kappa shape index (κ2) is 6.38. The van der Waals surface area contributed by atoms with Crippen LogP contribution in [0.25, 0.3) is 4.98 Å². The van der Waals surface area contributed by atoms with Crippen LogP contribution < -0.4 is 5.14 Å². The largest absolute Gasteiger partial charge is 0.673 e. The fourth-order valence-electron chi connectivity index (χ4n) is 0.802. The molecule has 0 saturated heterocycles. The lowest BCUT2D eigenvalue weighted by Gasteiger charge is -1.97. The molecule has 0 aliphatic rings. The fraction of sp³-hybridized carbons (Fsp3) is 0. The molecule has 0 heterocycles. The maximum absolute atomic E-state index is 10.9. The third kappa shape index (κ3) is 7.17. The molecule has 0 aliphatic carbocycles. The van der Waals surface area contributed by atoms with Crippen LogP contribution in [0, 0.1) is 5.39 Å². The predicted octanol–water partition coefficient (Wildman–Crippen LogP) is 3.43. The Kier molecular flexibility index (Phi) is 6.02. The number of benzene rings is 1. The summed E-state index contributed by atoms with van der Waals surface area (Å²) in [6.07, 6.45) is 0. The number of hydrogen-bond donors (Lipinski definition) is 1. The number of nitrogens with two attached hydrogens (primary N) is 1. The Bertz CT molecular complexity index is 587. The number of nitrogens with zero attached hydrogens (tertiary/aromatic N) is 2. The standard InChI is InChI=1S/C6H4Cl2N3O2S.BF4/c7-4-1-3(14(10,12)13)2-5(8)6(4)11-9;2-1(3,4)5/h1-2H,(H2,10,12,13);/q+1;-1. The van der Waals surface area contributed by atoms with E-state index >= 15 is 0 Å². The number of sulfonamides is 1. The minimum atomic E-state index is -6.00. The van der Waals surface area contributed by atoms with Crippen molar-refractivity contribution in [3.63, 3.8) is 0 Å². The summed E-state index contributed by atoms with van der Waals surface area (Å²) in [5.74, 6) is 0. The molecule has 0 unspecified atom stereocenters. The Morgan fingerprint density at radius 2 is 1.47 bits per heavy atom. The van der Waals surface area contributed by atoms with Gasteiger partial charge in [0.15, 0.2) is 4.98 Å². The van der Waals surface area contributed by atoms with Gasteiger partial charge in [0.2, 0.25) is 15.4 Å². The van der Waals surface area contributed by atoms with E-state index in [1.165, 1.54) is 0 Å². The van der Waals surface area contributed by atoms with E-state index in [9.17, 15) is 25.7 Å². The van der Waals surface area contributed by atoms with Crippen molar-refractivity contribution in [2.45, 2.75) is 4.90 Å². The lowest BCUT2D eigenvalue weighted by atomic mass is 10.3. The van der Waals surface area contributed by atoms with Gasteiger partial charge in [-0.2, -0.15) is 0 Å². The molecule has 1 aromatic rings. The average molecular weight is 340 g/mol. The van der Waals surface area contributed by atoms with E-state index in [2.05, 4.69) is 4.98 Å². The zero-order valence-electron chi connectivity index (χ0n) is 8.70. The molecule has 0 spiro atoms. The first-order chi connectivity index (χ1) is 8.36. The van der Waals surface area contributed by atoms with Crippen LogP contribution in [0.2, 0.25) is 10.0 Å². The SMILES string of the molecule is F[B-](F)(F)F.N#[N+]c1c(Cl)cc(S(N)(=O)=O)cc1Cl. The first kappa shape index (κ1) is 17.9. The Morgan fingerprint density at radius 3 is 1.68 bits per heavy atom. The van der Waals surface area contributed by atoms with E-state index in [-0.39, 0.29) is 20.6 Å². The van der Waals surface area contributed by atoms with Crippen LogP contribution in [-0.4, -0.2) is 15.7 Å². The lowest BCUT2D eigenvalue weighted by molar-refractivity contribution is 0.368. The van der Waals surface area contributed by atoms with Crippen LogP contribution in [0.1, 0.15) is 0 Å². The molecule has 1 aromatic carbocycles. The van der Waals surface area contributed by atoms with Gasteiger partial charge in [-0.3, -0.25) is 0 Å². The Hall–Kier alpha value is -1.09. The van der Waals surface area contributed by atoms with Crippen molar-refractivity contribution in [2.24, 2.45) is 5.14 Å². The van der Waals surface area contributed by atoms with Gasteiger partial charge in [0.25, 0.3) is 0 Å². The summed E-state index contributed by atoms with van der Waals surface area (Å²) in [6, 6.07) is 2.11. The van der Waals surface area contributed by atoms with E-state index in [1.54, 1.807) is 0 Å². The van der Waals surface area contributed by atoms with Gasteiger partial charge in [-0.05, 0) is 12.1 Å². The van der Waals surface area contributed by atoms with Gasteiger partial charge in [0, 0.05) is 0 Å². The average Bonchev–Trinajstić information content (AvgIpc) is 2.12. The van der Waals surface area contributed by atoms with Gasteiger partial charge in [0.1, 0.15) is 10.0 Å². The number of hydrogen-bond acceptors (Lipinski definition) is 3. The van der Waals surface area contributed by atoms with Crippen LogP contribution in [-0.2, 0) is 10.0 Å². The highest BCUT2D eigenvalue weighted by Gasteiger charge is 2.22. The summed E-state index contributed by atoms with van der Waals surface area (Å²) in [5.41, 5.74) is -0.0965. The van der Waals surface area contributed by atoms with E-state index in [0.29, 0.717) is 0 Å². The summed E-state index contributed by atoms with van der Waals surface area (Å²) >= 11 is 11.2. The van der Waals surface area contributed by atoms with Gasteiger partial charge in [-0.25, -0.2) is 13.6 Å². The molecule has 0 bridgehead atoms. The first-order valence-corrected chi connectivity index (χ1v) is 6.40. The number of primary sulfonamides is 1. The number of rotatable bonds is 1. The van der Waals surface area contributed by atoms with Gasteiger partial charge in [-0.15, -0.1) is 0 Å². The van der Waals surface area contributed by atoms with Crippen molar-refractivity contribution >= 4 is 46.2 Å². The topological polar surface area (TPSA) is 88.3 Å². The minimum Gasteiger partial charge on any atom is -0.418 e. The molecule has 19 heavy (non-hydrogen) atoms. The maximum atomic E-state index is 10.9. The van der Waals surface area contributed by atoms with Gasteiger partial charge >= 0.3 is 12.9 Å². The van der Waals surface area contributed by atoms with Gasteiger partial charge < -0.3 is 17.3 Å². The van der Waals surface area contributed by atoms with Crippen molar-refractivity contribution in [3.8, 4) is 0 Å². The Labute approximate surface area is 115 Å². The maximum Gasteiger partial charge on any atom is 0.673 e. The molecule has 0 saturated carbocycles. The highest BCUT2D eigenvalue weighted by molar-refractivity contribution is 7.89. The quantitative estimate of drug-likeness (QED) is 0.483. The van der Waals surface area contributed by atoms with E-state index in [0.717, 1.165) is 12.1 Å². The molecule has 106 valence electrons. The molecule has 0 atom stereocenters. The van der Waals surface area contributed by atoms with Crippen molar-refractivity contribution in [1.82, 2.24) is 0 Å². The zero-order valence-corrected chi connectivity index (χ0v) is 11.0. The monoisotopic (exact) mass is 339 g/mol. The lowest BCUT2D eigenvalue weighted by Crippen LogP contribution is -2.11. The molecule has 13 heteroatoms. The van der Waals surface area contributed by atoms with Crippen LogP contribution in [0.15, 0.2) is 17.0 Å². The van der Waals surface area contributed by atoms with E-state index in [1.807, 2.05) is 0 Å². The molecule has 0 radical (unpaired) electrons. The Morgan fingerprint density at radius 1 is 1.16 bits per heavy atom. The molecular weight excluding hydrogens is 336 g/mol. The second-order valence-corrected chi connectivity index (χ2v) is 5.25. The smallest absolute Gasteiger partial charge is 0.418 e. The molecule has 0 aromatic heterocycles. The normalized spacial score (nSPS) is 11.3. The number of diazo groups is 1. The summed E-state index contributed by atoms with van der Waals surface area (Å²) < 4.78 is 60.8. The van der Waals surface area contributed by atoms with Crippen LogP contribution in [0.3, 0.4) is 0 Å². The van der Waals surface area contributed by atoms with Crippen molar-refractivity contribution in [1.29, 1.82) is 5.39 Å². The summed E-state index contributed by atoms with van der Waals surface area (Å²) in [7, 11) is -9.86. The number of halogens is 6. The first-order valence-electron chi connectivity index (χ1n) is 4.10. The van der Waals surface area contributed by atoms with Crippen LogP contribution in [0.4, 0.5) is 23.0 Å². The zero-order chi connectivity index (χ0) is 15.4. The molecular formula is C6H4BCl2F4N3O2S. The summed E-state index contributed by atoms with van der Waals surface area (Å²) in [6.45, 7) is 0. The summed E-state index contributed by atoms with van der Waals surface area (Å²) in [4.78, 5) is 2.56. The van der Waals surface area contributed by atoms with Crippen molar-refractivity contribution < 1.29 is 25.7 Å². The van der Waals surface area contributed by atoms with Gasteiger partial charge in [-0.1, -0.05) is 23.2 Å².